The minimum absolute atomic E-state index is 0.0919. The third-order valence-electron chi connectivity index (χ3n) is 4.79. The Bertz CT molecular complexity index is 1220. The number of aromatic amines is 1. The van der Waals surface area contributed by atoms with Crippen LogP contribution in [0.3, 0.4) is 0 Å². The number of amides is 1. The van der Waals surface area contributed by atoms with E-state index >= 15 is 0 Å². The predicted octanol–water partition coefficient (Wildman–Crippen LogP) is 4.92. The van der Waals surface area contributed by atoms with Crippen molar-refractivity contribution < 1.29 is 13.6 Å². The summed E-state index contributed by atoms with van der Waals surface area (Å²) in [6.45, 7) is 0.421. The third kappa shape index (κ3) is 6.33. The van der Waals surface area contributed by atoms with Gasteiger partial charge in [-0.3, -0.25) is 4.79 Å². The zero-order valence-electron chi connectivity index (χ0n) is 17.4. The van der Waals surface area contributed by atoms with Crippen LogP contribution in [0, 0.1) is 11.6 Å². The number of carbonyl (C=O) groups excluding carboxylic acids is 1. The number of H-pyrrole nitrogens is 1. The minimum atomic E-state index is -0.625. The first kappa shape index (κ1) is 22.3. The Kier molecular flexibility index (Phi) is 6.89. The number of hydrogen-bond donors (Lipinski definition) is 4. The van der Waals surface area contributed by atoms with Gasteiger partial charge in [0.1, 0.15) is 11.6 Å². The van der Waals surface area contributed by atoms with Crippen molar-refractivity contribution in [3.63, 3.8) is 0 Å². The molecule has 0 unspecified atom stereocenters. The monoisotopic (exact) mass is 465 g/mol. The number of aromatic nitrogens is 2. The molecule has 0 aliphatic rings. The lowest BCUT2D eigenvalue weighted by molar-refractivity contribution is -0.120. The van der Waals surface area contributed by atoms with Crippen molar-refractivity contribution in [1.29, 1.82) is 0 Å². The van der Waals surface area contributed by atoms with Gasteiger partial charge in [0.2, 0.25) is 5.91 Å². The van der Waals surface area contributed by atoms with Crippen LogP contribution in [-0.4, -0.2) is 15.9 Å². The summed E-state index contributed by atoms with van der Waals surface area (Å²) in [4.78, 5) is 19.7. The van der Waals surface area contributed by atoms with Gasteiger partial charge < -0.3 is 20.8 Å². The van der Waals surface area contributed by atoms with Crippen molar-refractivity contribution >= 4 is 29.5 Å². The number of imidazole rings is 1. The van der Waals surface area contributed by atoms with E-state index in [-0.39, 0.29) is 12.3 Å². The lowest BCUT2D eigenvalue weighted by Gasteiger charge is -2.08. The van der Waals surface area contributed by atoms with Crippen LogP contribution in [0.2, 0.25) is 0 Å². The van der Waals surface area contributed by atoms with Gasteiger partial charge in [-0.1, -0.05) is 36.4 Å². The van der Waals surface area contributed by atoms with Crippen LogP contribution in [-0.2, 0) is 17.8 Å². The van der Waals surface area contributed by atoms with Crippen LogP contribution in [0.25, 0.3) is 11.3 Å². The molecule has 0 radical (unpaired) electrons. The summed E-state index contributed by atoms with van der Waals surface area (Å²) in [7, 11) is 0. The molecule has 0 spiro atoms. The van der Waals surface area contributed by atoms with Gasteiger partial charge in [0.05, 0.1) is 18.3 Å². The quantitative estimate of drug-likeness (QED) is 0.277. The van der Waals surface area contributed by atoms with E-state index in [0.29, 0.717) is 17.4 Å². The van der Waals surface area contributed by atoms with E-state index in [2.05, 4.69) is 20.0 Å². The van der Waals surface area contributed by atoms with Gasteiger partial charge in [-0.2, -0.15) is 0 Å². The van der Waals surface area contributed by atoms with E-state index in [1.54, 1.807) is 6.20 Å². The molecule has 9 heteroatoms. The molecule has 0 saturated heterocycles. The van der Waals surface area contributed by atoms with Gasteiger partial charge >= 0.3 is 0 Å². The summed E-state index contributed by atoms with van der Waals surface area (Å²) in [6.07, 6.45) is 1.92. The van der Waals surface area contributed by atoms with Crippen molar-refractivity contribution in [1.82, 2.24) is 15.3 Å². The van der Waals surface area contributed by atoms with E-state index in [4.69, 9.17) is 5.73 Å². The fourth-order valence-corrected chi connectivity index (χ4v) is 3.84. The highest BCUT2D eigenvalue weighted by Gasteiger charge is 2.06. The predicted molar refractivity (Wildman–Crippen MR) is 126 cm³/mol. The maximum absolute atomic E-state index is 13.3. The number of nitrogens with two attached hydrogens (primary N) is 1. The van der Waals surface area contributed by atoms with Crippen LogP contribution in [0.1, 0.15) is 11.1 Å². The SMILES string of the molecule is Nc1ncc(-c2ccc(CNC(=O)Cc3ccc(NSc4cc(F)cc(F)c4)cc3)cc2)[nH]1. The maximum Gasteiger partial charge on any atom is 0.224 e. The van der Waals surface area contributed by atoms with Crippen molar-refractivity contribution in [2.75, 3.05) is 10.5 Å². The summed E-state index contributed by atoms with van der Waals surface area (Å²) >= 11 is 1.11. The second-order valence-electron chi connectivity index (χ2n) is 7.34. The van der Waals surface area contributed by atoms with Crippen LogP contribution in [0.4, 0.5) is 20.4 Å². The fourth-order valence-electron chi connectivity index (χ4n) is 3.13. The lowest BCUT2D eigenvalue weighted by atomic mass is 10.1. The van der Waals surface area contributed by atoms with Crippen molar-refractivity contribution in [2.24, 2.45) is 0 Å². The summed E-state index contributed by atoms with van der Waals surface area (Å²) in [5, 5.41) is 2.91. The maximum atomic E-state index is 13.3. The normalized spacial score (nSPS) is 10.7. The minimum Gasteiger partial charge on any atom is -0.369 e. The largest absolute Gasteiger partial charge is 0.369 e. The fraction of sp³-hybridized carbons (Fsp3) is 0.0833. The number of hydrogen-bond acceptors (Lipinski definition) is 5. The molecule has 33 heavy (non-hydrogen) atoms. The number of anilines is 2. The molecule has 1 heterocycles. The number of rotatable bonds is 8. The number of nitrogens with zero attached hydrogens (tertiary/aromatic N) is 1. The first-order valence-corrected chi connectivity index (χ1v) is 10.9. The molecule has 1 aromatic heterocycles. The van der Waals surface area contributed by atoms with Crippen LogP contribution in [0.15, 0.2) is 77.8 Å². The molecular formula is C24H21F2N5OS. The molecular weight excluding hydrogens is 444 g/mol. The number of carbonyl (C=O) groups is 1. The molecule has 1 amide bonds. The molecule has 0 saturated carbocycles. The Hall–Kier alpha value is -3.85. The van der Waals surface area contributed by atoms with Crippen molar-refractivity contribution in [3.05, 3.63) is 95.7 Å². The Labute approximate surface area is 193 Å². The van der Waals surface area contributed by atoms with E-state index in [1.807, 2.05) is 48.5 Å². The van der Waals surface area contributed by atoms with Crippen LogP contribution in [0.5, 0.6) is 0 Å². The van der Waals surface area contributed by atoms with Gasteiger partial charge in [-0.25, -0.2) is 13.8 Å². The Morgan fingerprint density at radius 3 is 2.27 bits per heavy atom. The second kappa shape index (κ2) is 10.2. The molecule has 0 aliphatic carbocycles. The first-order chi connectivity index (χ1) is 15.9. The zero-order valence-corrected chi connectivity index (χ0v) is 18.3. The van der Waals surface area contributed by atoms with Gasteiger partial charge in [0.25, 0.3) is 0 Å². The number of halogens is 2. The molecule has 4 aromatic rings. The topological polar surface area (TPSA) is 95.8 Å². The summed E-state index contributed by atoms with van der Waals surface area (Å²) < 4.78 is 29.6. The molecule has 0 fully saturated rings. The highest BCUT2D eigenvalue weighted by molar-refractivity contribution is 8.00. The van der Waals surface area contributed by atoms with E-state index in [1.165, 1.54) is 12.1 Å². The molecule has 6 nitrogen and oxygen atoms in total. The number of nitrogen functional groups attached to an aromatic ring is 1. The summed E-state index contributed by atoms with van der Waals surface area (Å²) in [5.74, 6) is -0.976. The first-order valence-electron chi connectivity index (χ1n) is 10.1. The van der Waals surface area contributed by atoms with Gasteiger partial charge in [-0.05, 0) is 52.9 Å². The number of nitrogens with one attached hydrogen (secondary N) is 3. The standard InChI is InChI=1S/C24H21F2N5OS/c25-18-10-19(26)12-21(11-18)33-31-20-7-3-15(4-8-20)9-23(32)28-13-16-1-5-17(6-2-16)22-14-29-24(27)30-22/h1-8,10-12,14,31H,9,13H2,(H,28,32)(H3,27,29,30). The molecule has 168 valence electrons. The molecule has 4 rings (SSSR count). The second-order valence-corrected chi connectivity index (χ2v) is 8.22. The van der Waals surface area contributed by atoms with E-state index in [0.717, 1.165) is 46.1 Å². The Morgan fingerprint density at radius 1 is 0.970 bits per heavy atom. The number of benzene rings is 3. The lowest BCUT2D eigenvalue weighted by Crippen LogP contribution is -2.24. The summed E-state index contributed by atoms with van der Waals surface area (Å²) in [6, 6.07) is 18.4. The van der Waals surface area contributed by atoms with Crippen LogP contribution >= 0.6 is 11.9 Å². The van der Waals surface area contributed by atoms with Crippen LogP contribution < -0.4 is 15.8 Å². The molecule has 5 N–H and O–H groups in total. The third-order valence-corrected chi connectivity index (χ3v) is 5.60. The summed E-state index contributed by atoms with van der Waals surface area (Å²) in [5.41, 5.74) is 9.99. The average Bonchev–Trinajstić information content (AvgIpc) is 3.23. The van der Waals surface area contributed by atoms with Crippen molar-refractivity contribution in [3.8, 4) is 11.3 Å². The molecule has 0 bridgehead atoms. The molecule has 3 aromatic carbocycles. The highest BCUT2D eigenvalue weighted by atomic mass is 32.2. The highest BCUT2D eigenvalue weighted by Crippen LogP contribution is 2.23. The molecule has 0 atom stereocenters. The Morgan fingerprint density at radius 2 is 1.64 bits per heavy atom. The molecule has 0 aliphatic heterocycles. The smallest absolute Gasteiger partial charge is 0.224 e. The zero-order chi connectivity index (χ0) is 23.2. The van der Waals surface area contributed by atoms with E-state index in [9.17, 15) is 13.6 Å². The van der Waals surface area contributed by atoms with E-state index < -0.39 is 11.6 Å². The Balaban J connectivity index is 1.24. The van der Waals surface area contributed by atoms with Gasteiger partial charge in [0.15, 0.2) is 5.95 Å². The average molecular weight is 466 g/mol. The van der Waals surface area contributed by atoms with Gasteiger partial charge in [0, 0.05) is 23.2 Å². The van der Waals surface area contributed by atoms with Crippen molar-refractivity contribution in [2.45, 2.75) is 17.9 Å². The van der Waals surface area contributed by atoms with Gasteiger partial charge in [-0.15, -0.1) is 0 Å².